The normalized spacial score (nSPS) is 16.0. The molecule has 5 rings (SSSR count). The number of aliphatic carboxylic acids is 1. The molecule has 0 bridgehead atoms. The molecule has 1 aromatic heterocycles. The molecule has 1 unspecified atom stereocenters. The summed E-state index contributed by atoms with van der Waals surface area (Å²) in [7, 11) is 0. The number of H-pyrrole nitrogens is 1. The largest absolute Gasteiger partial charge is 0.480 e. The van der Waals surface area contributed by atoms with E-state index < -0.39 is 23.5 Å². The van der Waals surface area contributed by atoms with Gasteiger partial charge in [-0.2, -0.15) is 0 Å². The SMILES string of the molecule is O=C(NCC1(C(=O)NC(Cc2cnc[nH]2)C(=O)O)CC1)OCC1c2ccccc2-c2ccccc21. The van der Waals surface area contributed by atoms with Crippen LogP contribution in [0.15, 0.2) is 61.1 Å². The van der Waals surface area contributed by atoms with Crippen LogP contribution in [-0.4, -0.2) is 52.2 Å². The zero-order chi connectivity index (χ0) is 24.4. The highest BCUT2D eigenvalue weighted by Crippen LogP contribution is 2.46. The highest BCUT2D eigenvalue weighted by atomic mass is 16.5. The lowest BCUT2D eigenvalue weighted by molar-refractivity contribution is -0.142. The first kappa shape index (κ1) is 22.6. The number of carbonyl (C=O) groups excluding carboxylic acids is 2. The molecule has 0 aliphatic heterocycles. The molecular weight excluding hydrogens is 448 g/mol. The summed E-state index contributed by atoms with van der Waals surface area (Å²) in [6.07, 6.45) is 3.61. The Bertz CT molecular complexity index is 1210. The molecule has 2 amide bonds. The number of nitrogens with one attached hydrogen (secondary N) is 3. The Morgan fingerprint density at radius 3 is 2.31 bits per heavy atom. The maximum Gasteiger partial charge on any atom is 0.407 e. The van der Waals surface area contributed by atoms with Gasteiger partial charge in [0.05, 0.1) is 11.7 Å². The van der Waals surface area contributed by atoms with Gasteiger partial charge < -0.3 is 25.5 Å². The minimum Gasteiger partial charge on any atom is -0.480 e. The number of rotatable bonds is 9. The Morgan fingerprint density at radius 2 is 1.74 bits per heavy atom. The fraction of sp³-hybridized carbons (Fsp3) is 0.308. The van der Waals surface area contributed by atoms with Crippen LogP contribution in [0.3, 0.4) is 0 Å². The van der Waals surface area contributed by atoms with Gasteiger partial charge in [0, 0.05) is 30.8 Å². The van der Waals surface area contributed by atoms with Gasteiger partial charge in [-0.05, 0) is 35.1 Å². The fourth-order valence-electron chi connectivity index (χ4n) is 4.65. The summed E-state index contributed by atoms with van der Waals surface area (Å²) in [6.45, 7) is 0.274. The van der Waals surface area contributed by atoms with Gasteiger partial charge in [-0.15, -0.1) is 0 Å². The highest BCUT2D eigenvalue weighted by molar-refractivity contribution is 5.90. The molecular formula is C26H26N4O5. The molecule has 2 aliphatic rings. The third kappa shape index (κ3) is 4.62. The lowest BCUT2D eigenvalue weighted by Crippen LogP contribution is -2.48. The monoisotopic (exact) mass is 474 g/mol. The van der Waals surface area contributed by atoms with E-state index in [1.165, 1.54) is 12.5 Å². The van der Waals surface area contributed by atoms with Crippen LogP contribution < -0.4 is 10.6 Å². The number of aromatic amines is 1. The molecule has 3 aromatic rings. The van der Waals surface area contributed by atoms with Gasteiger partial charge >= 0.3 is 12.1 Å². The van der Waals surface area contributed by atoms with E-state index in [4.69, 9.17) is 4.74 Å². The first-order valence-electron chi connectivity index (χ1n) is 11.6. The van der Waals surface area contributed by atoms with E-state index in [2.05, 4.69) is 32.7 Å². The van der Waals surface area contributed by atoms with Crippen LogP contribution in [0.2, 0.25) is 0 Å². The molecule has 0 radical (unpaired) electrons. The molecule has 1 atom stereocenters. The zero-order valence-corrected chi connectivity index (χ0v) is 19.0. The highest BCUT2D eigenvalue weighted by Gasteiger charge is 2.51. The molecule has 1 saturated carbocycles. The number of hydrogen-bond donors (Lipinski definition) is 4. The average Bonchev–Trinajstić information content (AvgIpc) is 3.36. The minimum absolute atomic E-state index is 0.0508. The van der Waals surface area contributed by atoms with Gasteiger partial charge in [-0.3, -0.25) is 4.79 Å². The molecule has 180 valence electrons. The fourth-order valence-corrected chi connectivity index (χ4v) is 4.65. The number of hydrogen-bond acceptors (Lipinski definition) is 5. The molecule has 0 saturated heterocycles. The summed E-state index contributed by atoms with van der Waals surface area (Å²) < 4.78 is 5.55. The zero-order valence-electron chi connectivity index (χ0n) is 19.0. The van der Waals surface area contributed by atoms with Crippen LogP contribution in [0.1, 0.15) is 35.6 Å². The van der Waals surface area contributed by atoms with Crippen LogP contribution in [0.25, 0.3) is 11.1 Å². The van der Waals surface area contributed by atoms with E-state index in [0.717, 1.165) is 22.3 Å². The predicted molar refractivity (Wildman–Crippen MR) is 127 cm³/mol. The van der Waals surface area contributed by atoms with E-state index in [9.17, 15) is 19.5 Å². The maximum absolute atomic E-state index is 12.8. The Balaban J connectivity index is 1.16. The van der Waals surface area contributed by atoms with Crippen LogP contribution in [-0.2, 0) is 20.7 Å². The summed E-state index contributed by atoms with van der Waals surface area (Å²) >= 11 is 0. The minimum atomic E-state index is -1.13. The van der Waals surface area contributed by atoms with E-state index >= 15 is 0 Å². The maximum atomic E-state index is 12.8. The molecule has 1 fully saturated rings. The topological polar surface area (TPSA) is 133 Å². The number of nitrogens with zero attached hydrogens (tertiary/aromatic N) is 1. The van der Waals surface area contributed by atoms with Gasteiger partial charge in [-0.25, -0.2) is 14.6 Å². The van der Waals surface area contributed by atoms with Crippen LogP contribution in [0, 0.1) is 5.41 Å². The first-order valence-corrected chi connectivity index (χ1v) is 11.6. The van der Waals surface area contributed by atoms with Crippen molar-refractivity contribution in [2.75, 3.05) is 13.2 Å². The summed E-state index contributed by atoms with van der Waals surface area (Å²) in [6, 6.07) is 15.1. The quantitative estimate of drug-likeness (QED) is 0.377. The van der Waals surface area contributed by atoms with Gasteiger partial charge in [0.15, 0.2) is 0 Å². The lowest BCUT2D eigenvalue weighted by Gasteiger charge is -2.20. The third-order valence-electron chi connectivity index (χ3n) is 6.83. The van der Waals surface area contributed by atoms with E-state index in [1.807, 2.05) is 36.4 Å². The number of benzene rings is 2. The second-order valence-corrected chi connectivity index (χ2v) is 9.10. The van der Waals surface area contributed by atoms with Crippen molar-refractivity contribution in [1.29, 1.82) is 0 Å². The molecule has 9 nitrogen and oxygen atoms in total. The second kappa shape index (κ2) is 9.25. The van der Waals surface area contributed by atoms with Gasteiger partial charge in [0.1, 0.15) is 12.6 Å². The summed E-state index contributed by atoms with van der Waals surface area (Å²) in [5.41, 5.74) is 4.34. The molecule has 1 heterocycles. The Kier molecular flexibility index (Phi) is 5.98. The number of carboxylic acids is 1. The molecule has 35 heavy (non-hydrogen) atoms. The van der Waals surface area contributed by atoms with Gasteiger partial charge in [0.25, 0.3) is 0 Å². The standard InChI is InChI=1S/C26H26N4O5/c31-23(32)22(11-16-12-27-15-29-16)30-24(33)26(9-10-26)14-28-25(34)35-13-21-19-7-3-1-5-17(19)18-6-2-4-8-20(18)21/h1-8,12,15,21-22H,9-11,13-14H2,(H,27,29)(H,28,34)(H,30,33)(H,31,32). The predicted octanol–water partition coefficient (Wildman–Crippen LogP) is 2.84. The van der Waals surface area contributed by atoms with Crippen molar-refractivity contribution in [3.8, 4) is 11.1 Å². The van der Waals surface area contributed by atoms with Crippen molar-refractivity contribution in [2.24, 2.45) is 5.41 Å². The van der Waals surface area contributed by atoms with Crippen molar-refractivity contribution in [2.45, 2.75) is 31.2 Å². The van der Waals surface area contributed by atoms with Gasteiger partial charge in [-0.1, -0.05) is 48.5 Å². The number of fused-ring (bicyclic) bond motifs is 3. The Labute approximate surface area is 201 Å². The molecule has 9 heteroatoms. The van der Waals surface area contributed by atoms with Crippen molar-refractivity contribution in [3.63, 3.8) is 0 Å². The number of ether oxygens (including phenoxy) is 1. The number of aromatic nitrogens is 2. The van der Waals surface area contributed by atoms with Gasteiger partial charge in [0.2, 0.25) is 5.91 Å². The van der Waals surface area contributed by atoms with Crippen molar-refractivity contribution in [3.05, 3.63) is 77.9 Å². The van der Waals surface area contributed by atoms with Crippen molar-refractivity contribution in [1.82, 2.24) is 20.6 Å². The number of amides is 2. The smallest absolute Gasteiger partial charge is 0.407 e. The Hall–Kier alpha value is -4.14. The third-order valence-corrected chi connectivity index (χ3v) is 6.83. The lowest BCUT2D eigenvalue weighted by atomic mass is 9.98. The number of carboxylic acid groups (broad SMARTS) is 1. The van der Waals surface area contributed by atoms with Crippen LogP contribution in [0.4, 0.5) is 4.79 Å². The number of alkyl carbamates (subject to hydrolysis) is 1. The number of carbonyl (C=O) groups is 3. The Morgan fingerprint density at radius 1 is 1.09 bits per heavy atom. The molecule has 2 aromatic carbocycles. The molecule has 4 N–H and O–H groups in total. The first-order chi connectivity index (χ1) is 17.0. The number of imidazole rings is 1. The van der Waals surface area contributed by atoms with Crippen molar-refractivity contribution >= 4 is 18.0 Å². The summed E-state index contributed by atoms with van der Waals surface area (Å²) in [4.78, 5) is 43.7. The van der Waals surface area contributed by atoms with Crippen LogP contribution >= 0.6 is 0 Å². The summed E-state index contributed by atoms with van der Waals surface area (Å²) in [5, 5.41) is 14.8. The average molecular weight is 475 g/mol. The van der Waals surface area contributed by atoms with Crippen LogP contribution in [0.5, 0.6) is 0 Å². The van der Waals surface area contributed by atoms with E-state index in [0.29, 0.717) is 18.5 Å². The van der Waals surface area contributed by atoms with E-state index in [-0.39, 0.29) is 31.4 Å². The van der Waals surface area contributed by atoms with E-state index in [1.54, 1.807) is 0 Å². The summed E-state index contributed by atoms with van der Waals surface area (Å²) in [5.74, 6) is -1.57. The second-order valence-electron chi connectivity index (χ2n) is 9.10. The van der Waals surface area contributed by atoms with Crippen molar-refractivity contribution < 1.29 is 24.2 Å². The molecule has 2 aliphatic carbocycles. The molecule has 0 spiro atoms.